The van der Waals surface area contributed by atoms with Crippen LogP contribution in [0.25, 0.3) is 0 Å². The molecule has 0 fully saturated rings. The Hall–Kier alpha value is 3.72. The third kappa shape index (κ3) is 317. The molecule has 0 amide bonds. The maximum atomic E-state index is 0. The van der Waals surface area contributed by atoms with Crippen molar-refractivity contribution in [1.29, 1.82) is 0 Å². The van der Waals surface area contributed by atoms with Crippen molar-refractivity contribution >= 4 is 34.7 Å². The van der Waals surface area contributed by atoms with E-state index in [1.807, 2.05) is 0 Å². The molecule has 0 radical (unpaired) electrons. The van der Waals surface area contributed by atoms with Gasteiger partial charge in [0, 0.05) is 0 Å². The number of rotatable bonds is 0. The van der Waals surface area contributed by atoms with E-state index in [2.05, 4.69) is 0 Å². The first-order valence-electron chi connectivity index (χ1n) is 0. The molecule has 0 saturated carbocycles. The van der Waals surface area contributed by atoms with Gasteiger partial charge in [0.25, 0.3) is 0 Å². The van der Waals surface area contributed by atoms with Crippen molar-refractivity contribution in [2.75, 3.05) is 0 Å². The fourth-order valence-electron chi connectivity index (χ4n) is 0. The molecular formula is Al2O9Zn2Zr2. The van der Waals surface area contributed by atoms with Crippen molar-refractivity contribution in [1.82, 2.24) is 0 Å². The Bertz CT molecular complexity index is 24.1. The first-order chi connectivity index (χ1) is 0. The summed E-state index contributed by atoms with van der Waals surface area (Å²) in [6.45, 7) is 0. The fourth-order valence-corrected chi connectivity index (χ4v) is 0. The van der Waals surface area contributed by atoms with Crippen LogP contribution in [0.5, 0.6) is 0 Å². The van der Waals surface area contributed by atoms with Crippen LogP contribution in [0.2, 0.25) is 0 Å². The van der Waals surface area contributed by atoms with E-state index in [-0.39, 0.29) is 175 Å². The van der Waals surface area contributed by atoms with Gasteiger partial charge in [0.1, 0.15) is 0 Å². The maximum Gasteiger partial charge on any atom is 4.00 e. The molecule has 0 bridgehead atoms. The van der Waals surface area contributed by atoms with E-state index >= 15 is 0 Å². The average molecular weight is 511 g/mol. The van der Waals surface area contributed by atoms with Gasteiger partial charge in [-0.2, -0.15) is 0 Å². The topological polar surface area (TPSA) is 256 Å². The summed E-state index contributed by atoms with van der Waals surface area (Å²) in [5.41, 5.74) is 0. The van der Waals surface area contributed by atoms with Crippen LogP contribution >= 0.6 is 0 Å². The van der Waals surface area contributed by atoms with Gasteiger partial charge in [0.15, 0.2) is 0 Å². The van der Waals surface area contributed by atoms with Crippen molar-refractivity contribution in [2.24, 2.45) is 0 Å². The third-order valence-corrected chi connectivity index (χ3v) is 0. The van der Waals surface area contributed by atoms with Crippen molar-refractivity contribution in [2.45, 2.75) is 0 Å². The minimum atomic E-state index is 0. The molecule has 0 saturated heterocycles. The van der Waals surface area contributed by atoms with Gasteiger partial charge in [0.2, 0.25) is 0 Å². The maximum absolute atomic E-state index is 0. The molecule has 0 rings (SSSR count). The molecule has 0 heterocycles. The zero-order valence-corrected chi connectivity index (χ0v) is 20.4. The van der Waals surface area contributed by atoms with Crippen molar-refractivity contribution < 1.29 is 141 Å². The van der Waals surface area contributed by atoms with Gasteiger partial charge >= 0.3 is 126 Å². The first-order valence-corrected chi connectivity index (χ1v) is 0. The quantitative estimate of drug-likeness (QED) is 0.325. The van der Waals surface area contributed by atoms with Gasteiger partial charge in [-0.1, -0.05) is 0 Å². The largest absolute Gasteiger partial charge is 4.00 e. The van der Waals surface area contributed by atoms with Crippen molar-refractivity contribution in [3.8, 4) is 0 Å². The van der Waals surface area contributed by atoms with E-state index in [1.54, 1.807) is 0 Å². The summed E-state index contributed by atoms with van der Waals surface area (Å²) >= 11 is 0. The second-order valence-electron chi connectivity index (χ2n) is 0. The Labute approximate surface area is 173 Å². The van der Waals surface area contributed by atoms with E-state index in [0.29, 0.717) is 0 Å². The average Bonchev–Trinajstić information content (AvgIpc) is 0. The number of hydrogen-bond acceptors (Lipinski definition) is 0. The number of hydrogen-bond donors (Lipinski definition) is 0. The zero-order valence-electron chi connectivity index (χ0n) is 7.24. The normalized spacial score (nSPS) is 0. The van der Waals surface area contributed by atoms with Crippen LogP contribution in [0, 0.1) is 0 Å². The molecule has 0 aliphatic heterocycles. The standard InChI is InChI=1S/2Al.9O.2Zn.2Zr/q2*+3;9*-2;2*+2;2*+4. The molecular weight excluding hydrogens is 511 g/mol. The van der Waals surface area contributed by atoms with Gasteiger partial charge < -0.3 is 49.3 Å². The summed E-state index contributed by atoms with van der Waals surface area (Å²) in [7, 11) is 0. The van der Waals surface area contributed by atoms with Gasteiger partial charge in [-0.25, -0.2) is 0 Å². The third-order valence-electron chi connectivity index (χ3n) is 0. The Balaban J connectivity index is 0. The van der Waals surface area contributed by atoms with E-state index in [1.165, 1.54) is 0 Å². The minimum Gasteiger partial charge on any atom is -2.00 e. The van der Waals surface area contributed by atoms with E-state index < -0.39 is 0 Å². The predicted molar refractivity (Wildman–Crippen MR) is 17.7 cm³/mol. The fraction of sp³-hybridized carbons (Fsp3) is 0. The molecule has 72 valence electrons. The minimum absolute atomic E-state index is 0. The van der Waals surface area contributed by atoms with Crippen LogP contribution in [0.4, 0.5) is 0 Å². The second kappa shape index (κ2) is 358. The molecule has 0 aromatic rings. The van der Waals surface area contributed by atoms with Gasteiger partial charge in [-0.3, -0.25) is 0 Å². The van der Waals surface area contributed by atoms with Gasteiger partial charge in [-0.15, -0.1) is 0 Å². The Kier molecular flexibility index (Phi) is 10200. The zero-order chi connectivity index (χ0) is 0. The molecule has 9 nitrogen and oxygen atoms in total. The molecule has 0 atom stereocenters. The SMILES string of the molecule is [Al+3].[Al+3].[O-2].[O-2].[O-2].[O-2].[O-2].[O-2].[O-2].[O-2].[O-2].[Zn+2].[Zn+2].[Zr+4].[Zr+4]. The second-order valence-corrected chi connectivity index (χ2v) is 0. The van der Waals surface area contributed by atoms with E-state index in [0.717, 1.165) is 0 Å². The van der Waals surface area contributed by atoms with Crippen LogP contribution in [-0.2, 0) is 141 Å². The van der Waals surface area contributed by atoms with Crippen LogP contribution in [0.1, 0.15) is 0 Å². The monoisotopic (exact) mass is 506 g/mol. The van der Waals surface area contributed by atoms with Crippen molar-refractivity contribution in [3.05, 3.63) is 0 Å². The first kappa shape index (κ1) is 425. The van der Waals surface area contributed by atoms with Crippen LogP contribution in [0.15, 0.2) is 0 Å². The van der Waals surface area contributed by atoms with Crippen LogP contribution in [0.3, 0.4) is 0 Å². The Morgan fingerprint density at radius 2 is 0.267 bits per heavy atom. The summed E-state index contributed by atoms with van der Waals surface area (Å²) in [5, 5.41) is 0. The Morgan fingerprint density at radius 1 is 0.267 bits per heavy atom. The summed E-state index contributed by atoms with van der Waals surface area (Å²) in [5.74, 6) is 0. The van der Waals surface area contributed by atoms with Crippen LogP contribution in [-0.4, -0.2) is 34.7 Å². The molecule has 0 aromatic carbocycles. The van der Waals surface area contributed by atoms with Gasteiger partial charge in [0.05, 0.1) is 0 Å². The molecule has 0 aromatic heterocycles. The van der Waals surface area contributed by atoms with Crippen LogP contribution < -0.4 is 0 Å². The van der Waals surface area contributed by atoms with Crippen molar-refractivity contribution in [3.63, 3.8) is 0 Å². The molecule has 0 N–H and O–H groups in total. The molecule has 0 unspecified atom stereocenters. The predicted octanol–water partition coefficient (Wildman–Crippen LogP) is -1.84. The summed E-state index contributed by atoms with van der Waals surface area (Å²) in [6, 6.07) is 0. The Morgan fingerprint density at radius 3 is 0.267 bits per heavy atom. The van der Waals surface area contributed by atoms with E-state index in [4.69, 9.17) is 0 Å². The summed E-state index contributed by atoms with van der Waals surface area (Å²) < 4.78 is 0. The summed E-state index contributed by atoms with van der Waals surface area (Å²) in [6.07, 6.45) is 0. The smallest absolute Gasteiger partial charge is 2.00 e. The molecule has 0 aliphatic rings. The molecule has 15 heteroatoms. The summed E-state index contributed by atoms with van der Waals surface area (Å²) in [4.78, 5) is 0. The molecule has 15 heavy (non-hydrogen) atoms. The molecule has 0 spiro atoms. The van der Waals surface area contributed by atoms with Gasteiger partial charge in [-0.05, 0) is 0 Å². The van der Waals surface area contributed by atoms with E-state index in [9.17, 15) is 0 Å². The molecule has 0 aliphatic carbocycles.